The SMILES string of the molecule is COc1ccc(Br)cc1C=NNC(=O)CN(c1cc(C(F)(F)F)ccc1Cl)S(=O)(=O)c1ccccc1. The van der Waals surface area contributed by atoms with Crippen LogP contribution >= 0.6 is 27.5 Å². The molecular formula is C23H18BrClF3N3O4S. The molecule has 0 unspecified atom stereocenters. The fraction of sp³-hybridized carbons (Fsp3) is 0.130. The molecule has 36 heavy (non-hydrogen) atoms. The number of carbonyl (C=O) groups excluding carboxylic acids is 1. The first kappa shape index (κ1) is 27.5. The fourth-order valence-electron chi connectivity index (χ4n) is 3.05. The van der Waals surface area contributed by atoms with Crippen LogP contribution in [0.1, 0.15) is 11.1 Å². The molecule has 0 fully saturated rings. The van der Waals surface area contributed by atoms with Crippen LogP contribution < -0.4 is 14.5 Å². The second-order valence-corrected chi connectivity index (χ2v) is 10.4. The summed E-state index contributed by atoms with van der Waals surface area (Å²) in [5.41, 5.74) is 1.04. The van der Waals surface area contributed by atoms with Crippen LogP contribution in [0.2, 0.25) is 5.02 Å². The molecular weight excluding hydrogens is 587 g/mol. The molecule has 0 bridgehead atoms. The predicted octanol–water partition coefficient (Wildman–Crippen LogP) is 5.48. The van der Waals surface area contributed by atoms with Crippen molar-refractivity contribution in [3.05, 3.63) is 87.4 Å². The number of hydrazone groups is 1. The van der Waals surface area contributed by atoms with Crippen molar-refractivity contribution in [3.63, 3.8) is 0 Å². The molecule has 1 amide bonds. The Morgan fingerprint density at radius 1 is 1.14 bits per heavy atom. The van der Waals surface area contributed by atoms with Crippen molar-refractivity contribution in [3.8, 4) is 5.75 Å². The van der Waals surface area contributed by atoms with Gasteiger partial charge >= 0.3 is 6.18 Å². The fourth-order valence-corrected chi connectivity index (χ4v) is 5.15. The highest BCUT2D eigenvalue weighted by Gasteiger charge is 2.34. The Balaban J connectivity index is 1.96. The first-order valence-electron chi connectivity index (χ1n) is 10.0. The van der Waals surface area contributed by atoms with Gasteiger partial charge in [0.25, 0.3) is 15.9 Å². The number of carbonyl (C=O) groups is 1. The minimum Gasteiger partial charge on any atom is -0.496 e. The van der Waals surface area contributed by atoms with Gasteiger partial charge in [-0.05, 0) is 48.5 Å². The van der Waals surface area contributed by atoms with E-state index in [0.717, 1.165) is 16.6 Å². The van der Waals surface area contributed by atoms with Crippen LogP contribution in [0.25, 0.3) is 0 Å². The number of alkyl halides is 3. The summed E-state index contributed by atoms with van der Waals surface area (Å²) in [5.74, 6) is -0.464. The summed E-state index contributed by atoms with van der Waals surface area (Å²) < 4.78 is 73.1. The number of sulfonamides is 1. The molecule has 0 aliphatic carbocycles. The van der Waals surface area contributed by atoms with Crippen LogP contribution in [0.4, 0.5) is 18.9 Å². The molecule has 0 heterocycles. The predicted molar refractivity (Wildman–Crippen MR) is 134 cm³/mol. The maximum atomic E-state index is 13.3. The van der Waals surface area contributed by atoms with E-state index in [1.807, 2.05) is 0 Å². The highest BCUT2D eigenvalue weighted by molar-refractivity contribution is 9.10. The average Bonchev–Trinajstić information content (AvgIpc) is 2.83. The normalized spacial score (nSPS) is 11.9. The van der Waals surface area contributed by atoms with E-state index in [0.29, 0.717) is 21.7 Å². The monoisotopic (exact) mass is 603 g/mol. The zero-order valence-electron chi connectivity index (χ0n) is 18.5. The van der Waals surface area contributed by atoms with Gasteiger partial charge in [0.2, 0.25) is 0 Å². The van der Waals surface area contributed by atoms with Crippen molar-refractivity contribution >= 4 is 55.4 Å². The maximum Gasteiger partial charge on any atom is 0.416 e. The summed E-state index contributed by atoms with van der Waals surface area (Å²) in [6, 6.07) is 14.2. The molecule has 3 aromatic carbocycles. The number of nitrogens with one attached hydrogen (secondary N) is 1. The van der Waals surface area contributed by atoms with Gasteiger partial charge in [-0.25, -0.2) is 13.8 Å². The van der Waals surface area contributed by atoms with Crippen LogP contribution in [0, 0.1) is 0 Å². The Bertz CT molecular complexity index is 1390. The number of amides is 1. The minimum atomic E-state index is -4.77. The van der Waals surface area contributed by atoms with Gasteiger partial charge in [-0.3, -0.25) is 9.10 Å². The Labute approximate surface area is 218 Å². The number of rotatable bonds is 8. The third kappa shape index (κ3) is 6.56. The molecule has 0 aromatic heterocycles. The van der Waals surface area contributed by atoms with Crippen LogP contribution in [0.5, 0.6) is 5.75 Å². The topological polar surface area (TPSA) is 88.1 Å². The second kappa shape index (κ2) is 11.3. The molecule has 13 heteroatoms. The van der Waals surface area contributed by atoms with Crippen LogP contribution in [0.15, 0.2) is 81.2 Å². The lowest BCUT2D eigenvalue weighted by molar-refractivity contribution is -0.137. The number of hydrogen-bond acceptors (Lipinski definition) is 5. The Morgan fingerprint density at radius 3 is 2.47 bits per heavy atom. The van der Waals surface area contributed by atoms with Gasteiger partial charge in [-0.2, -0.15) is 18.3 Å². The zero-order chi connectivity index (χ0) is 26.5. The lowest BCUT2D eigenvalue weighted by Gasteiger charge is -2.25. The van der Waals surface area contributed by atoms with E-state index in [-0.39, 0.29) is 9.92 Å². The van der Waals surface area contributed by atoms with E-state index in [4.69, 9.17) is 16.3 Å². The molecule has 0 radical (unpaired) electrons. The van der Waals surface area contributed by atoms with E-state index < -0.39 is 39.9 Å². The average molecular weight is 605 g/mol. The summed E-state index contributed by atoms with van der Waals surface area (Å²) in [6.07, 6.45) is -3.49. The van der Waals surface area contributed by atoms with E-state index >= 15 is 0 Å². The van der Waals surface area contributed by atoms with Gasteiger partial charge in [-0.1, -0.05) is 45.7 Å². The minimum absolute atomic E-state index is 0.242. The summed E-state index contributed by atoms with van der Waals surface area (Å²) in [5, 5.41) is 3.52. The van der Waals surface area contributed by atoms with Crippen molar-refractivity contribution in [2.24, 2.45) is 5.10 Å². The third-order valence-corrected chi connectivity index (χ3v) is 7.33. The summed E-state index contributed by atoms with van der Waals surface area (Å²) in [7, 11) is -3.04. The van der Waals surface area contributed by atoms with Crippen molar-refractivity contribution in [1.82, 2.24) is 5.43 Å². The lowest BCUT2D eigenvalue weighted by Crippen LogP contribution is -2.40. The molecule has 0 spiro atoms. The number of benzene rings is 3. The molecule has 0 atom stereocenters. The first-order valence-corrected chi connectivity index (χ1v) is 12.6. The second-order valence-electron chi connectivity index (χ2n) is 7.17. The third-order valence-electron chi connectivity index (χ3n) is 4.75. The number of hydrogen-bond donors (Lipinski definition) is 1. The van der Waals surface area contributed by atoms with E-state index in [1.54, 1.807) is 24.3 Å². The number of anilines is 1. The lowest BCUT2D eigenvalue weighted by atomic mass is 10.2. The largest absolute Gasteiger partial charge is 0.496 e. The summed E-state index contributed by atoms with van der Waals surface area (Å²) >= 11 is 9.40. The quantitative estimate of drug-likeness (QED) is 0.273. The summed E-state index contributed by atoms with van der Waals surface area (Å²) in [4.78, 5) is 12.4. The van der Waals surface area contributed by atoms with Crippen LogP contribution in [-0.4, -0.2) is 34.2 Å². The Hall–Kier alpha value is -3.09. The Morgan fingerprint density at radius 2 is 1.83 bits per heavy atom. The van der Waals surface area contributed by atoms with Gasteiger partial charge in [0, 0.05) is 10.0 Å². The van der Waals surface area contributed by atoms with E-state index in [9.17, 15) is 26.4 Å². The maximum absolute atomic E-state index is 13.3. The van der Waals surface area contributed by atoms with Crippen LogP contribution in [0.3, 0.4) is 0 Å². The van der Waals surface area contributed by atoms with Crippen molar-refractivity contribution in [1.29, 1.82) is 0 Å². The van der Waals surface area contributed by atoms with Crippen molar-refractivity contribution < 1.29 is 31.1 Å². The van der Waals surface area contributed by atoms with Gasteiger partial charge in [0.15, 0.2) is 0 Å². The molecule has 190 valence electrons. The highest BCUT2D eigenvalue weighted by Crippen LogP contribution is 2.37. The van der Waals surface area contributed by atoms with Crippen LogP contribution in [-0.2, 0) is 21.0 Å². The number of methoxy groups -OCH3 is 1. The Kier molecular flexibility index (Phi) is 8.64. The first-order chi connectivity index (χ1) is 16.9. The molecule has 0 aliphatic rings. The molecule has 7 nitrogen and oxygen atoms in total. The number of halogens is 5. The van der Waals surface area contributed by atoms with E-state index in [2.05, 4.69) is 26.5 Å². The van der Waals surface area contributed by atoms with Crippen molar-refractivity contribution in [2.45, 2.75) is 11.1 Å². The number of nitrogens with zero attached hydrogens (tertiary/aromatic N) is 2. The van der Waals surface area contributed by atoms with Crippen molar-refractivity contribution in [2.75, 3.05) is 18.0 Å². The van der Waals surface area contributed by atoms with E-state index in [1.165, 1.54) is 37.6 Å². The zero-order valence-corrected chi connectivity index (χ0v) is 21.6. The number of ether oxygens (including phenoxy) is 1. The van der Waals surface area contributed by atoms with Gasteiger partial charge in [0.05, 0.1) is 34.5 Å². The smallest absolute Gasteiger partial charge is 0.416 e. The standard InChI is InChI=1S/C23H18BrClF3N3O4S/c1-35-21-10-8-17(24)11-15(21)13-29-30-22(32)14-31(36(33,34)18-5-3-2-4-6-18)20-12-16(23(26,27)28)7-9-19(20)25/h2-13H,14H2,1H3,(H,30,32). The summed E-state index contributed by atoms with van der Waals surface area (Å²) in [6.45, 7) is -0.898. The van der Waals surface area contributed by atoms with Gasteiger partial charge < -0.3 is 4.74 Å². The molecule has 3 rings (SSSR count). The van der Waals surface area contributed by atoms with Gasteiger partial charge in [-0.15, -0.1) is 0 Å². The molecule has 0 aliphatic heterocycles. The van der Waals surface area contributed by atoms with Gasteiger partial charge in [0.1, 0.15) is 12.3 Å². The molecule has 3 aromatic rings. The molecule has 1 N–H and O–H groups in total. The highest BCUT2D eigenvalue weighted by atomic mass is 79.9. The molecule has 0 saturated heterocycles. The molecule has 0 saturated carbocycles.